The van der Waals surface area contributed by atoms with Crippen molar-refractivity contribution in [1.29, 1.82) is 0 Å². The standard InChI is InChI=1S/C8H17NO2.ClH/c1-5(2)4-6(3)7(9)8(10)11;/h5-7H,4,9H2,1-3H3,(H,10,11);1H. The van der Waals surface area contributed by atoms with Crippen LogP contribution in [0.5, 0.6) is 0 Å². The monoisotopic (exact) mass is 195 g/mol. The lowest BCUT2D eigenvalue weighted by atomic mass is 9.93. The van der Waals surface area contributed by atoms with Gasteiger partial charge in [0.1, 0.15) is 6.04 Å². The van der Waals surface area contributed by atoms with Crippen LogP contribution < -0.4 is 5.73 Å². The second kappa shape index (κ2) is 6.26. The van der Waals surface area contributed by atoms with E-state index < -0.39 is 12.0 Å². The van der Waals surface area contributed by atoms with Gasteiger partial charge in [0, 0.05) is 0 Å². The summed E-state index contributed by atoms with van der Waals surface area (Å²) < 4.78 is 0. The van der Waals surface area contributed by atoms with Gasteiger partial charge in [0.2, 0.25) is 0 Å². The third-order valence-electron chi connectivity index (χ3n) is 1.74. The second-order valence-electron chi connectivity index (χ2n) is 3.47. The predicted octanol–water partition coefficient (Wildman–Crippen LogP) is 1.50. The van der Waals surface area contributed by atoms with Crippen LogP contribution in [0.4, 0.5) is 0 Å². The van der Waals surface area contributed by atoms with Crippen molar-refractivity contribution in [1.82, 2.24) is 0 Å². The maximum Gasteiger partial charge on any atom is 0.320 e. The lowest BCUT2D eigenvalue weighted by Gasteiger charge is -2.17. The van der Waals surface area contributed by atoms with Crippen molar-refractivity contribution < 1.29 is 9.90 Å². The Balaban J connectivity index is 0. The van der Waals surface area contributed by atoms with E-state index in [1.54, 1.807) is 0 Å². The Morgan fingerprint density at radius 1 is 1.42 bits per heavy atom. The molecule has 2 unspecified atom stereocenters. The van der Waals surface area contributed by atoms with E-state index in [1.807, 2.05) is 6.92 Å². The molecule has 74 valence electrons. The molecule has 0 saturated carbocycles. The SMILES string of the molecule is CC(C)CC(C)C(N)C(=O)O.Cl. The molecule has 3 N–H and O–H groups in total. The van der Waals surface area contributed by atoms with Crippen LogP contribution in [-0.2, 0) is 4.79 Å². The molecule has 0 aromatic heterocycles. The number of aliphatic carboxylic acids is 1. The minimum absolute atomic E-state index is 0. The van der Waals surface area contributed by atoms with Crippen molar-refractivity contribution in [2.24, 2.45) is 17.6 Å². The number of carbonyl (C=O) groups is 1. The minimum atomic E-state index is -0.904. The van der Waals surface area contributed by atoms with Crippen molar-refractivity contribution in [3.8, 4) is 0 Å². The van der Waals surface area contributed by atoms with Crippen molar-refractivity contribution in [2.45, 2.75) is 33.2 Å². The lowest BCUT2D eigenvalue weighted by Crippen LogP contribution is -2.37. The highest BCUT2D eigenvalue weighted by Crippen LogP contribution is 2.13. The molecule has 0 rings (SSSR count). The highest BCUT2D eigenvalue weighted by molar-refractivity contribution is 5.85. The molecule has 0 saturated heterocycles. The van der Waals surface area contributed by atoms with E-state index in [2.05, 4.69) is 13.8 Å². The summed E-state index contributed by atoms with van der Waals surface area (Å²) in [6.45, 7) is 5.99. The van der Waals surface area contributed by atoms with Crippen LogP contribution in [0, 0.1) is 11.8 Å². The molecule has 0 aliphatic heterocycles. The smallest absolute Gasteiger partial charge is 0.320 e. The van der Waals surface area contributed by atoms with Crippen LogP contribution in [0.15, 0.2) is 0 Å². The molecule has 0 aromatic carbocycles. The molecule has 0 aliphatic carbocycles. The summed E-state index contributed by atoms with van der Waals surface area (Å²) in [4.78, 5) is 10.4. The van der Waals surface area contributed by atoms with Crippen molar-refractivity contribution in [3.63, 3.8) is 0 Å². The molecular formula is C8H18ClNO2. The van der Waals surface area contributed by atoms with Gasteiger partial charge in [-0.3, -0.25) is 4.79 Å². The quantitative estimate of drug-likeness (QED) is 0.715. The summed E-state index contributed by atoms with van der Waals surface area (Å²) in [7, 11) is 0. The maximum absolute atomic E-state index is 10.4. The van der Waals surface area contributed by atoms with Gasteiger partial charge in [0.05, 0.1) is 0 Å². The first kappa shape index (κ1) is 14.3. The molecule has 3 nitrogen and oxygen atoms in total. The second-order valence-corrected chi connectivity index (χ2v) is 3.47. The first-order valence-corrected chi connectivity index (χ1v) is 3.93. The number of carboxylic acids is 1. The van der Waals surface area contributed by atoms with Crippen LogP contribution in [-0.4, -0.2) is 17.1 Å². The van der Waals surface area contributed by atoms with E-state index in [9.17, 15) is 4.79 Å². The van der Waals surface area contributed by atoms with E-state index in [-0.39, 0.29) is 18.3 Å². The number of nitrogens with two attached hydrogens (primary N) is 1. The van der Waals surface area contributed by atoms with Gasteiger partial charge < -0.3 is 10.8 Å². The molecule has 2 atom stereocenters. The Kier molecular flexibility index (Phi) is 7.44. The van der Waals surface area contributed by atoms with Crippen LogP contribution in [0.1, 0.15) is 27.2 Å². The van der Waals surface area contributed by atoms with Gasteiger partial charge in [-0.25, -0.2) is 0 Å². The molecule has 0 amide bonds. The Morgan fingerprint density at radius 3 is 2.08 bits per heavy atom. The number of halogens is 1. The molecule has 0 radical (unpaired) electrons. The first-order chi connectivity index (χ1) is 4.95. The lowest BCUT2D eigenvalue weighted by molar-refractivity contribution is -0.139. The van der Waals surface area contributed by atoms with Crippen LogP contribution in [0.25, 0.3) is 0 Å². The zero-order chi connectivity index (χ0) is 9.02. The van der Waals surface area contributed by atoms with Crippen LogP contribution >= 0.6 is 12.4 Å². The van der Waals surface area contributed by atoms with E-state index in [1.165, 1.54) is 0 Å². The molecule has 12 heavy (non-hydrogen) atoms. The summed E-state index contributed by atoms with van der Waals surface area (Å²) in [5.74, 6) is -0.332. The van der Waals surface area contributed by atoms with Gasteiger partial charge in [-0.05, 0) is 18.3 Å². The highest BCUT2D eigenvalue weighted by atomic mass is 35.5. The van der Waals surface area contributed by atoms with E-state index in [0.717, 1.165) is 6.42 Å². The highest BCUT2D eigenvalue weighted by Gasteiger charge is 2.20. The molecule has 4 heteroatoms. The summed E-state index contributed by atoms with van der Waals surface area (Å²) in [6, 6.07) is -0.711. The van der Waals surface area contributed by atoms with Gasteiger partial charge in [-0.15, -0.1) is 12.4 Å². The zero-order valence-electron chi connectivity index (χ0n) is 7.78. The van der Waals surface area contributed by atoms with Gasteiger partial charge in [0.15, 0.2) is 0 Å². The maximum atomic E-state index is 10.4. The van der Waals surface area contributed by atoms with Crippen molar-refractivity contribution in [3.05, 3.63) is 0 Å². The van der Waals surface area contributed by atoms with Crippen molar-refractivity contribution >= 4 is 18.4 Å². The van der Waals surface area contributed by atoms with Gasteiger partial charge in [0.25, 0.3) is 0 Å². The number of hydrogen-bond acceptors (Lipinski definition) is 2. The Hall–Kier alpha value is -0.280. The largest absolute Gasteiger partial charge is 0.480 e. The molecule has 0 aromatic rings. The van der Waals surface area contributed by atoms with Gasteiger partial charge in [-0.2, -0.15) is 0 Å². The van der Waals surface area contributed by atoms with Crippen LogP contribution in [0.3, 0.4) is 0 Å². The van der Waals surface area contributed by atoms with Crippen molar-refractivity contribution in [2.75, 3.05) is 0 Å². The predicted molar refractivity (Wildman–Crippen MR) is 51.5 cm³/mol. The third kappa shape index (κ3) is 5.38. The molecule has 0 spiro atoms. The van der Waals surface area contributed by atoms with E-state index >= 15 is 0 Å². The zero-order valence-corrected chi connectivity index (χ0v) is 8.60. The summed E-state index contributed by atoms with van der Waals surface area (Å²) in [5, 5.41) is 8.54. The van der Waals surface area contributed by atoms with Gasteiger partial charge >= 0.3 is 5.97 Å². The Labute approximate surface area is 79.7 Å². The number of hydrogen-bond donors (Lipinski definition) is 2. The Morgan fingerprint density at radius 2 is 1.83 bits per heavy atom. The summed E-state index contributed by atoms with van der Waals surface area (Å²) in [5.41, 5.74) is 5.41. The topological polar surface area (TPSA) is 63.3 Å². The first-order valence-electron chi connectivity index (χ1n) is 3.93. The molecule has 0 aliphatic rings. The normalized spacial score (nSPS) is 15.1. The summed E-state index contributed by atoms with van der Waals surface area (Å²) in [6.07, 6.45) is 0.869. The number of rotatable bonds is 4. The average Bonchev–Trinajstić information content (AvgIpc) is 1.84. The summed E-state index contributed by atoms with van der Waals surface area (Å²) >= 11 is 0. The number of carboxylic acid groups (broad SMARTS) is 1. The average molecular weight is 196 g/mol. The van der Waals surface area contributed by atoms with E-state index in [4.69, 9.17) is 10.8 Å². The van der Waals surface area contributed by atoms with E-state index in [0.29, 0.717) is 5.92 Å². The fraction of sp³-hybridized carbons (Fsp3) is 0.875. The Bertz CT molecular complexity index is 139. The minimum Gasteiger partial charge on any atom is -0.480 e. The molecular weight excluding hydrogens is 178 g/mol. The molecule has 0 bridgehead atoms. The third-order valence-corrected chi connectivity index (χ3v) is 1.74. The van der Waals surface area contributed by atoms with Gasteiger partial charge in [-0.1, -0.05) is 20.8 Å². The fourth-order valence-corrected chi connectivity index (χ4v) is 1.13. The molecule has 0 fully saturated rings. The fourth-order valence-electron chi connectivity index (χ4n) is 1.13. The van der Waals surface area contributed by atoms with Crippen LogP contribution in [0.2, 0.25) is 0 Å². The molecule has 0 heterocycles.